The average molecular weight is 260 g/mol. The number of likely N-dealkylation sites (tertiary alicyclic amines) is 1. The summed E-state index contributed by atoms with van der Waals surface area (Å²) in [7, 11) is 0. The van der Waals surface area contributed by atoms with E-state index in [9.17, 15) is 4.79 Å². The van der Waals surface area contributed by atoms with E-state index in [0.29, 0.717) is 5.92 Å². The molecule has 19 heavy (non-hydrogen) atoms. The van der Waals surface area contributed by atoms with Gasteiger partial charge in [-0.15, -0.1) is 0 Å². The van der Waals surface area contributed by atoms with Gasteiger partial charge in [-0.25, -0.2) is 0 Å². The number of nitrogens with one attached hydrogen (secondary N) is 1. The Bertz CT molecular complexity index is 405. The molecule has 0 aliphatic carbocycles. The molecule has 1 heterocycles. The minimum atomic E-state index is 0.0291. The molecule has 1 amide bonds. The molecular formula is C16H24N2O. The van der Waals surface area contributed by atoms with Gasteiger partial charge in [0.15, 0.2) is 0 Å². The SMILES string of the molecule is CC(C)CNC(=O)c1ccc(CN2CCCC2)cc1. The Balaban J connectivity index is 1.88. The first-order chi connectivity index (χ1) is 9.15. The van der Waals surface area contributed by atoms with Crippen molar-refractivity contribution in [2.75, 3.05) is 19.6 Å². The van der Waals surface area contributed by atoms with E-state index in [0.717, 1.165) is 18.7 Å². The fraction of sp³-hybridized carbons (Fsp3) is 0.562. The predicted molar refractivity (Wildman–Crippen MR) is 78.1 cm³/mol. The van der Waals surface area contributed by atoms with Gasteiger partial charge in [0.05, 0.1) is 0 Å². The quantitative estimate of drug-likeness (QED) is 0.882. The summed E-state index contributed by atoms with van der Waals surface area (Å²) >= 11 is 0. The highest BCUT2D eigenvalue weighted by molar-refractivity contribution is 5.94. The number of hydrogen-bond acceptors (Lipinski definition) is 2. The van der Waals surface area contributed by atoms with Crippen molar-refractivity contribution in [3.05, 3.63) is 35.4 Å². The normalized spacial score (nSPS) is 15.9. The Morgan fingerprint density at radius 3 is 2.42 bits per heavy atom. The van der Waals surface area contributed by atoms with Gasteiger partial charge in [-0.1, -0.05) is 26.0 Å². The van der Waals surface area contributed by atoms with E-state index >= 15 is 0 Å². The lowest BCUT2D eigenvalue weighted by atomic mass is 10.1. The summed E-state index contributed by atoms with van der Waals surface area (Å²) in [6.45, 7) is 8.34. The fourth-order valence-electron chi connectivity index (χ4n) is 2.36. The molecule has 3 nitrogen and oxygen atoms in total. The summed E-state index contributed by atoms with van der Waals surface area (Å²) in [5.41, 5.74) is 2.05. The zero-order valence-corrected chi connectivity index (χ0v) is 12.0. The molecule has 0 spiro atoms. The molecule has 0 saturated carbocycles. The van der Waals surface area contributed by atoms with Gasteiger partial charge in [-0.3, -0.25) is 9.69 Å². The van der Waals surface area contributed by atoms with E-state index < -0.39 is 0 Å². The van der Waals surface area contributed by atoms with Gasteiger partial charge in [0.1, 0.15) is 0 Å². The summed E-state index contributed by atoms with van der Waals surface area (Å²) in [5.74, 6) is 0.514. The van der Waals surface area contributed by atoms with Crippen molar-refractivity contribution >= 4 is 5.91 Å². The molecular weight excluding hydrogens is 236 g/mol. The Morgan fingerprint density at radius 1 is 1.21 bits per heavy atom. The van der Waals surface area contributed by atoms with Crippen LogP contribution >= 0.6 is 0 Å². The number of rotatable bonds is 5. The van der Waals surface area contributed by atoms with Crippen LogP contribution in [0.3, 0.4) is 0 Å². The van der Waals surface area contributed by atoms with Crippen molar-refractivity contribution in [2.24, 2.45) is 5.92 Å². The molecule has 3 heteroatoms. The van der Waals surface area contributed by atoms with Crippen molar-refractivity contribution < 1.29 is 4.79 Å². The molecule has 0 bridgehead atoms. The Morgan fingerprint density at radius 2 is 1.84 bits per heavy atom. The van der Waals surface area contributed by atoms with Crippen LogP contribution < -0.4 is 5.32 Å². The lowest BCUT2D eigenvalue weighted by Crippen LogP contribution is -2.27. The maximum absolute atomic E-state index is 11.9. The van der Waals surface area contributed by atoms with Crippen LogP contribution in [-0.2, 0) is 6.54 Å². The highest BCUT2D eigenvalue weighted by atomic mass is 16.1. The van der Waals surface area contributed by atoms with Crippen LogP contribution in [0.15, 0.2) is 24.3 Å². The molecule has 1 saturated heterocycles. The van der Waals surface area contributed by atoms with Crippen LogP contribution in [0.2, 0.25) is 0 Å². The molecule has 1 N–H and O–H groups in total. The largest absolute Gasteiger partial charge is 0.352 e. The molecule has 1 aromatic carbocycles. The van der Waals surface area contributed by atoms with Crippen molar-refractivity contribution in [1.29, 1.82) is 0 Å². The maximum Gasteiger partial charge on any atom is 0.251 e. The number of carbonyl (C=O) groups excluding carboxylic acids is 1. The second-order valence-corrected chi connectivity index (χ2v) is 5.78. The van der Waals surface area contributed by atoms with Crippen molar-refractivity contribution in [2.45, 2.75) is 33.2 Å². The smallest absolute Gasteiger partial charge is 0.251 e. The Labute approximate surface area is 116 Å². The standard InChI is InChI=1S/C16H24N2O/c1-13(2)11-17-16(19)15-7-5-14(6-8-15)12-18-9-3-4-10-18/h5-8,13H,3-4,9-12H2,1-2H3,(H,17,19). The molecule has 0 atom stereocenters. The maximum atomic E-state index is 11.9. The summed E-state index contributed by atoms with van der Waals surface area (Å²) < 4.78 is 0. The number of carbonyl (C=O) groups is 1. The third-order valence-electron chi connectivity index (χ3n) is 3.49. The number of hydrogen-bond donors (Lipinski definition) is 1. The average Bonchev–Trinajstić information content (AvgIpc) is 2.89. The first kappa shape index (κ1) is 14.1. The third kappa shape index (κ3) is 4.35. The van der Waals surface area contributed by atoms with Gasteiger partial charge in [0, 0.05) is 18.7 Å². The fourth-order valence-corrected chi connectivity index (χ4v) is 2.36. The molecule has 104 valence electrons. The molecule has 1 fully saturated rings. The Kier molecular flexibility index (Phi) is 4.97. The second-order valence-electron chi connectivity index (χ2n) is 5.78. The van der Waals surface area contributed by atoms with E-state index in [1.165, 1.54) is 31.5 Å². The van der Waals surface area contributed by atoms with Crippen LogP contribution in [0.4, 0.5) is 0 Å². The van der Waals surface area contributed by atoms with Gasteiger partial charge in [0.25, 0.3) is 5.91 Å². The first-order valence-corrected chi connectivity index (χ1v) is 7.24. The topological polar surface area (TPSA) is 32.3 Å². The van der Waals surface area contributed by atoms with Gasteiger partial charge in [-0.2, -0.15) is 0 Å². The number of amides is 1. The van der Waals surface area contributed by atoms with E-state index in [1.54, 1.807) is 0 Å². The molecule has 0 aromatic heterocycles. The number of nitrogens with zero attached hydrogens (tertiary/aromatic N) is 1. The van der Waals surface area contributed by atoms with Crippen molar-refractivity contribution in [3.8, 4) is 0 Å². The molecule has 1 aliphatic rings. The monoisotopic (exact) mass is 260 g/mol. The number of benzene rings is 1. The lowest BCUT2D eigenvalue weighted by Gasteiger charge is -2.14. The highest BCUT2D eigenvalue weighted by Crippen LogP contribution is 2.13. The van der Waals surface area contributed by atoms with Gasteiger partial charge >= 0.3 is 0 Å². The summed E-state index contributed by atoms with van der Waals surface area (Å²) in [4.78, 5) is 14.3. The summed E-state index contributed by atoms with van der Waals surface area (Å²) in [6, 6.07) is 8.01. The van der Waals surface area contributed by atoms with Crippen LogP contribution in [0.25, 0.3) is 0 Å². The lowest BCUT2D eigenvalue weighted by molar-refractivity contribution is 0.0949. The predicted octanol–water partition coefficient (Wildman–Crippen LogP) is 2.67. The minimum absolute atomic E-state index is 0.0291. The first-order valence-electron chi connectivity index (χ1n) is 7.24. The van der Waals surface area contributed by atoms with Gasteiger partial charge in [-0.05, 0) is 49.5 Å². The third-order valence-corrected chi connectivity index (χ3v) is 3.49. The van der Waals surface area contributed by atoms with E-state index in [2.05, 4.69) is 36.2 Å². The van der Waals surface area contributed by atoms with E-state index in [-0.39, 0.29) is 5.91 Å². The molecule has 0 unspecified atom stereocenters. The van der Waals surface area contributed by atoms with Crippen LogP contribution in [-0.4, -0.2) is 30.4 Å². The highest BCUT2D eigenvalue weighted by Gasteiger charge is 2.12. The minimum Gasteiger partial charge on any atom is -0.352 e. The van der Waals surface area contributed by atoms with E-state index in [4.69, 9.17) is 0 Å². The second kappa shape index (κ2) is 6.71. The summed E-state index contributed by atoms with van der Waals surface area (Å²) in [5, 5.41) is 2.94. The van der Waals surface area contributed by atoms with Crippen LogP contribution in [0, 0.1) is 5.92 Å². The van der Waals surface area contributed by atoms with Gasteiger partial charge < -0.3 is 5.32 Å². The van der Waals surface area contributed by atoms with Crippen molar-refractivity contribution in [1.82, 2.24) is 10.2 Å². The van der Waals surface area contributed by atoms with Crippen LogP contribution in [0.5, 0.6) is 0 Å². The molecule has 2 rings (SSSR count). The van der Waals surface area contributed by atoms with Crippen LogP contribution in [0.1, 0.15) is 42.6 Å². The zero-order chi connectivity index (χ0) is 13.7. The molecule has 0 radical (unpaired) electrons. The summed E-state index contributed by atoms with van der Waals surface area (Å²) in [6.07, 6.45) is 2.63. The molecule has 1 aromatic rings. The van der Waals surface area contributed by atoms with Gasteiger partial charge in [0.2, 0.25) is 0 Å². The van der Waals surface area contributed by atoms with E-state index in [1.807, 2.05) is 12.1 Å². The molecule has 1 aliphatic heterocycles. The Hall–Kier alpha value is -1.35. The van der Waals surface area contributed by atoms with Crippen molar-refractivity contribution in [3.63, 3.8) is 0 Å². The zero-order valence-electron chi connectivity index (χ0n) is 12.0.